The maximum absolute atomic E-state index is 12.3. The highest BCUT2D eigenvalue weighted by Gasteiger charge is 2.19. The van der Waals surface area contributed by atoms with E-state index in [2.05, 4.69) is 10.6 Å². The van der Waals surface area contributed by atoms with Gasteiger partial charge in [-0.25, -0.2) is 8.42 Å². The predicted octanol–water partition coefficient (Wildman–Crippen LogP) is 1.72. The van der Waals surface area contributed by atoms with E-state index in [9.17, 15) is 8.42 Å². The van der Waals surface area contributed by atoms with Crippen LogP contribution < -0.4 is 10.5 Å². The van der Waals surface area contributed by atoms with Gasteiger partial charge in [0.15, 0.2) is 0 Å². The summed E-state index contributed by atoms with van der Waals surface area (Å²) >= 11 is 0. The van der Waals surface area contributed by atoms with Crippen molar-refractivity contribution < 1.29 is 8.42 Å². The fourth-order valence-corrected chi connectivity index (χ4v) is 3.23. The Labute approximate surface area is 112 Å². The summed E-state index contributed by atoms with van der Waals surface area (Å²) < 4.78 is 27.0. The second-order valence-electron chi connectivity index (χ2n) is 4.21. The van der Waals surface area contributed by atoms with Gasteiger partial charge in [0.05, 0.1) is 10.9 Å². The van der Waals surface area contributed by atoms with E-state index in [-0.39, 0.29) is 4.90 Å². The highest BCUT2D eigenvalue weighted by atomic mass is 32.2. The molecule has 3 N–H and O–H groups in total. The molecule has 0 saturated heterocycles. The van der Waals surface area contributed by atoms with E-state index in [4.69, 9.17) is 12.2 Å². The number of sulfonamides is 1. The van der Waals surface area contributed by atoms with E-state index < -0.39 is 16.1 Å². The second kappa shape index (κ2) is 4.92. The molecular formula is C14H14N2O2S. The number of anilines is 1. The average molecular weight is 274 g/mol. The summed E-state index contributed by atoms with van der Waals surface area (Å²) in [5.74, 6) is 2.34. The number of nitrogen functional groups attached to an aromatic ring is 1. The standard InChI is InChI=1S/C14H14N2O2S/c1-3-10(2)16-19(17,18)14-9-8-13(15)11-6-4-5-7-12(11)14/h1,4-10,16H,15H2,2H3. The van der Waals surface area contributed by atoms with Crippen molar-refractivity contribution in [2.45, 2.75) is 17.9 Å². The Balaban J connectivity index is 2.65. The smallest absolute Gasteiger partial charge is 0.242 e. The van der Waals surface area contributed by atoms with Gasteiger partial charge in [-0.15, -0.1) is 6.42 Å². The summed E-state index contributed by atoms with van der Waals surface area (Å²) in [5.41, 5.74) is 6.39. The van der Waals surface area contributed by atoms with E-state index >= 15 is 0 Å². The highest BCUT2D eigenvalue weighted by Crippen LogP contribution is 2.27. The van der Waals surface area contributed by atoms with Crippen LogP contribution in [-0.2, 0) is 10.0 Å². The van der Waals surface area contributed by atoms with Crippen molar-refractivity contribution in [1.29, 1.82) is 0 Å². The van der Waals surface area contributed by atoms with E-state index in [1.54, 1.807) is 31.2 Å². The molecule has 2 aromatic carbocycles. The Bertz CT molecular complexity index is 761. The molecule has 0 radical (unpaired) electrons. The third kappa shape index (κ3) is 2.55. The van der Waals surface area contributed by atoms with Gasteiger partial charge in [0.25, 0.3) is 0 Å². The summed E-state index contributed by atoms with van der Waals surface area (Å²) in [5, 5.41) is 1.29. The fourth-order valence-electron chi connectivity index (χ4n) is 1.86. The molecule has 0 aromatic heterocycles. The molecule has 5 heteroatoms. The number of fused-ring (bicyclic) bond motifs is 1. The first kappa shape index (κ1) is 13.4. The lowest BCUT2D eigenvalue weighted by Gasteiger charge is -2.12. The number of hydrogen-bond acceptors (Lipinski definition) is 3. The molecule has 98 valence electrons. The Kier molecular flexibility index (Phi) is 3.47. The van der Waals surface area contributed by atoms with Crippen LogP contribution in [0.5, 0.6) is 0 Å². The van der Waals surface area contributed by atoms with E-state index in [1.165, 1.54) is 6.07 Å². The van der Waals surface area contributed by atoms with Gasteiger partial charge in [-0.3, -0.25) is 0 Å². The lowest BCUT2D eigenvalue weighted by molar-refractivity contribution is 0.578. The van der Waals surface area contributed by atoms with Gasteiger partial charge >= 0.3 is 0 Å². The molecule has 0 heterocycles. The number of benzene rings is 2. The van der Waals surface area contributed by atoms with Crippen molar-refractivity contribution in [3.63, 3.8) is 0 Å². The SMILES string of the molecule is C#CC(C)NS(=O)(=O)c1ccc(N)c2ccccc12. The summed E-state index contributed by atoms with van der Waals surface area (Å²) in [7, 11) is -3.66. The largest absolute Gasteiger partial charge is 0.398 e. The van der Waals surface area contributed by atoms with Crippen molar-refractivity contribution in [3.8, 4) is 12.3 Å². The van der Waals surface area contributed by atoms with Crippen molar-refractivity contribution in [2.24, 2.45) is 0 Å². The molecule has 0 aliphatic rings. The topological polar surface area (TPSA) is 72.2 Å². The van der Waals surface area contributed by atoms with Crippen molar-refractivity contribution in [1.82, 2.24) is 4.72 Å². The lowest BCUT2D eigenvalue weighted by Crippen LogP contribution is -2.31. The Morgan fingerprint density at radius 1 is 1.21 bits per heavy atom. The number of terminal acetylenes is 1. The Morgan fingerprint density at radius 3 is 2.47 bits per heavy atom. The molecule has 19 heavy (non-hydrogen) atoms. The van der Waals surface area contributed by atoms with Gasteiger partial charge in [0.1, 0.15) is 0 Å². The lowest BCUT2D eigenvalue weighted by atomic mass is 10.1. The molecule has 1 unspecified atom stereocenters. The van der Waals surface area contributed by atoms with E-state index in [0.29, 0.717) is 16.5 Å². The van der Waals surface area contributed by atoms with Crippen LogP contribution in [0.25, 0.3) is 10.8 Å². The van der Waals surface area contributed by atoms with E-state index in [0.717, 1.165) is 0 Å². The monoisotopic (exact) mass is 274 g/mol. The first-order valence-corrected chi connectivity index (χ1v) is 7.19. The zero-order valence-electron chi connectivity index (χ0n) is 10.4. The Hall–Kier alpha value is -2.03. The van der Waals surface area contributed by atoms with Crippen LogP contribution in [0.4, 0.5) is 5.69 Å². The van der Waals surface area contributed by atoms with Crippen LogP contribution in [0.15, 0.2) is 41.3 Å². The Morgan fingerprint density at radius 2 is 1.84 bits per heavy atom. The molecule has 2 aromatic rings. The summed E-state index contributed by atoms with van der Waals surface area (Å²) in [6, 6.07) is 9.59. The van der Waals surface area contributed by atoms with Crippen molar-refractivity contribution >= 4 is 26.5 Å². The zero-order valence-corrected chi connectivity index (χ0v) is 11.2. The third-order valence-corrected chi connectivity index (χ3v) is 4.39. The highest BCUT2D eigenvalue weighted by molar-refractivity contribution is 7.89. The molecule has 0 aliphatic heterocycles. The van der Waals surface area contributed by atoms with Crippen molar-refractivity contribution in [3.05, 3.63) is 36.4 Å². The molecule has 0 aliphatic carbocycles. The number of hydrogen-bond donors (Lipinski definition) is 2. The minimum Gasteiger partial charge on any atom is -0.398 e. The third-order valence-electron chi connectivity index (χ3n) is 2.79. The van der Waals surface area contributed by atoms with Crippen LogP contribution >= 0.6 is 0 Å². The maximum atomic E-state index is 12.3. The fraction of sp³-hybridized carbons (Fsp3) is 0.143. The average Bonchev–Trinajstić information content (AvgIpc) is 2.38. The minimum absolute atomic E-state index is 0.180. The normalized spacial score (nSPS) is 13.1. The van der Waals surface area contributed by atoms with Gasteiger partial charge in [-0.05, 0) is 19.1 Å². The molecule has 0 spiro atoms. The molecule has 0 amide bonds. The predicted molar refractivity (Wildman–Crippen MR) is 77.0 cm³/mol. The minimum atomic E-state index is -3.66. The number of nitrogens with two attached hydrogens (primary N) is 1. The van der Waals surface area contributed by atoms with Gasteiger partial charge in [-0.2, -0.15) is 4.72 Å². The van der Waals surface area contributed by atoms with Crippen LogP contribution in [0, 0.1) is 12.3 Å². The summed E-state index contributed by atoms with van der Waals surface area (Å²) in [4.78, 5) is 0.180. The molecule has 2 rings (SSSR count). The van der Waals surface area contributed by atoms with Crippen LogP contribution in [0.1, 0.15) is 6.92 Å². The number of nitrogens with one attached hydrogen (secondary N) is 1. The quantitative estimate of drug-likeness (QED) is 0.661. The zero-order chi connectivity index (χ0) is 14.0. The molecule has 0 saturated carbocycles. The number of rotatable bonds is 3. The molecule has 4 nitrogen and oxygen atoms in total. The van der Waals surface area contributed by atoms with Crippen LogP contribution in [-0.4, -0.2) is 14.5 Å². The van der Waals surface area contributed by atoms with Crippen LogP contribution in [0.2, 0.25) is 0 Å². The summed E-state index contributed by atoms with van der Waals surface area (Å²) in [6.45, 7) is 1.61. The van der Waals surface area contributed by atoms with Crippen LogP contribution in [0.3, 0.4) is 0 Å². The first-order valence-electron chi connectivity index (χ1n) is 5.71. The molecule has 0 fully saturated rings. The second-order valence-corrected chi connectivity index (χ2v) is 5.89. The van der Waals surface area contributed by atoms with Gasteiger partial charge in [0, 0.05) is 16.5 Å². The first-order chi connectivity index (χ1) is 8.95. The molecule has 1 atom stereocenters. The molecule has 0 bridgehead atoms. The van der Waals surface area contributed by atoms with E-state index in [1.807, 2.05) is 6.07 Å². The molecular weight excluding hydrogens is 260 g/mol. The maximum Gasteiger partial charge on any atom is 0.242 e. The van der Waals surface area contributed by atoms with Gasteiger partial charge < -0.3 is 5.73 Å². The van der Waals surface area contributed by atoms with Gasteiger partial charge in [-0.1, -0.05) is 30.2 Å². The summed E-state index contributed by atoms with van der Waals surface area (Å²) in [6.07, 6.45) is 5.20. The van der Waals surface area contributed by atoms with Gasteiger partial charge in [0.2, 0.25) is 10.0 Å². The van der Waals surface area contributed by atoms with Crippen molar-refractivity contribution in [2.75, 3.05) is 5.73 Å².